The molecule has 21 heavy (non-hydrogen) atoms. The number of benzene rings is 1. The number of thiophene rings is 1. The van der Waals surface area contributed by atoms with E-state index < -0.39 is 15.9 Å². The molecular formula is C13H14N2O4S2. The van der Waals surface area contributed by atoms with Gasteiger partial charge in [0.15, 0.2) is 0 Å². The molecule has 6 nitrogen and oxygen atoms in total. The average molecular weight is 326 g/mol. The molecule has 0 unspecified atom stereocenters. The molecule has 0 radical (unpaired) electrons. The highest BCUT2D eigenvalue weighted by Gasteiger charge is 2.15. The lowest BCUT2D eigenvalue weighted by molar-refractivity contribution is 0.102. The quantitative estimate of drug-likeness (QED) is 0.878. The third-order valence-electron chi connectivity index (χ3n) is 2.54. The Balaban J connectivity index is 2.09. The van der Waals surface area contributed by atoms with E-state index in [4.69, 9.17) is 9.88 Å². The molecule has 0 saturated heterocycles. The Morgan fingerprint density at radius 1 is 1.33 bits per heavy atom. The van der Waals surface area contributed by atoms with Crippen LogP contribution in [0.4, 0.5) is 5.69 Å². The van der Waals surface area contributed by atoms with Crippen molar-refractivity contribution in [1.29, 1.82) is 0 Å². The summed E-state index contributed by atoms with van der Waals surface area (Å²) in [6.07, 6.45) is 0. The Morgan fingerprint density at radius 3 is 2.52 bits per heavy atom. The maximum absolute atomic E-state index is 12.0. The van der Waals surface area contributed by atoms with Gasteiger partial charge in [-0.05, 0) is 37.3 Å². The molecule has 3 N–H and O–H groups in total. The lowest BCUT2D eigenvalue weighted by atomic mass is 10.2. The predicted octanol–water partition coefficient (Wildman–Crippen LogP) is 2.05. The van der Waals surface area contributed by atoms with Crippen molar-refractivity contribution in [2.45, 2.75) is 11.1 Å². The van der Waals surface area contributed by atoms with Crippen LogP contribution in [0.25, 0.3) is 0 Å². The minimum absolute atomic E-state index is 0.0423. The van der Waals surface area contributed by atoms with Crippen molar-refractivity contribution < 1.29 is 17.9 Å². The van der Waals surface area contributed by atoms with Gasteiger partial charge in [0.2, 0.25) is 10.0 Å². The van der Waals surface area contributed by atoms with Crippen LogP contribution in [0.1, 0.15) is 17.3 Å². The molecule has 0 aliphatic carbocycles. The third kappa shape index (κ3) is 4.03. The average Bonchev–Trinajstić information content (AvgIpc) is 2.91. The highest BCUT2D eigenvalue weighted by Crippen LogP contribution is 2.21. The fraction of sp³-hybridized carbons (Fsp3) is 0.154. The van der Waals surface area contributed by atoms with E-state index in [0.717, 1.165) is 11.3 Å². The van der Waals surface area contributed by atoms with Crippen molar-refractivity contribution >= 4 is 33.0 Å². The molecule has 0 saturated carbocycles. The van der Waals surface area contributed by atoms with Gasteiger partial charge in [0, 0.05) is 11.1 Å². The summed E-state index contributed by atoms with van der Waals surface area (Å²) in [6, 6.07) is 8.14. The van der Waals surface area contributed by atoms with Crippen molar-refractivity contribution in [3.63, 3.8) is 0 Å². The Kier molecular flexibility index (Phi) is 4.61. The topological polar surface area (TPSA) is 98.5 Å². The first-order chi connectivity index (χ1) is 9.90. The second-order valence-electron chi connectivity index (χ2n) is 4.11. The highest BCUT2D eigenvalue weighted by atomic mass is 32.2. The van der Waals surface area contributed by atoms with E-state index in [1.807, 2.05) is 6.92 Å². The number of anilines is 1. The SMILES string of the molecule is CCOc1ccc(NC(=O)c2csc(S(N)(=O)=O)c2)cc1. The van der Waals surface area contributed by atoms with Crippen LogP contribution in [-0.2, 0) is 10.0 Å². The van der Waals surface area contributed by atoms with E-state index in [9.17, 15) is 13.2 Å². The maximum Gasteiger partial charge on any atom is 0.256 e. The first-order valence-corrected chi connectivity index (χ1v) is 8.48. The lowest BCUT2D eigenvalue weighted by Gasteiger charge is -2.06. The van der Waals surface area contributed by atoms with Crippen LogP contribution in [0.2, 0.25) is 0 Å². The summed E-state index contributed by atoms with van der Waals surface area (Å²) in [5.41, 5.74) is 0.838. The maximum atomic E-state index is 12.0. The van der Waals surface area contributed by atoms with Gasteiger partial charge in [0.1, 0.15) is 9.96 Å². The van der Waals surface area contributed by atoms with Crippen LogP contribution < -0.4 is 15.2 Å². The zero-order valence-electron chi connectivity index (χ0n) is 11.2. The van der Waals surface area contributed by atoms with Gasteiger partial charge in [0.05, 0.1) is 12.2 Å². The molecule has 1 aromatic heterocycles. The number of ether oxygens (including phenoxy) is 1. The Hall–Kier alpha value is -1.90. The van der Waals surface area contributed by atoms with Crippen molar-refractivity contribution in [3.05, 3.63) is 41.3 Å². The van der Waals surface area contributed by atoms with Crippen LogP contribution >= 0.6 is 11.3 Å². The molecule has 1 heterocycles. The molecule has 8 heteroatoms. The lowest BCUT2D eigenvalue weighted by Crippen LogP contribution is -2.12. The van der Waals surface area contributed by atoms with Gasteiger partial charge >= 0.3 is 0 Å². The van der Waals surface area contributed by atoms with E-state index in [0.29, 0.717) is 18.0 Å². The number of nitrogens with two attached hydrogens (primary N) is 1. The zero-order chi connectivity index (χ0) is 15.5. The number of amides is 1. The monoisotopic (exact) mass is 326 g/mol. The normalized spacial score (nSPS) is 11.1. The predicted molar refractivity (Wildman–Crippen MR) is 81.3 cm³/mol. The Morgan fingerprint density at radius 2 is 2.00 bits per heavy atom. The van der Waals surface area contributed by atoms with E-state index in [-0.39, 0.29) is 9.77 Å². The number of carbonyl (C=O) groups excluding carboxylic acids is 1. The van der Waals surface area contributed by atoms with Gasteiger partial charge in [-0.25, -0.2) is 13.6 Å². The van der Waals surface area contributed by atoms with Crippen LogP contribution in [0.15, 0.2) is 39.9 Å². The first-order valence-electron chi connectivity index (χ1n) is 6.05. The molecule has 0 fully saturated rings. The number of nitrogens with one attached hydrogen (secondary N) is 1. The van der Waals surface area contributed by atoms with E-state index in [1.165, 1.54) is 11.4 Å². The van der Waals surface area contributed by atoms with Gasteiger partial charge in [-0.3, -0.25) is 4.79 Å². The molecule has 0 aliphatic heterocycles. The number of hydrogen-bond acceptors (Lipinski definition) is 5. The van der Waals surface area contributed by atoms with Crippen molar-refractivity contribution in [2.75, 3.05) is 11.9 Å². The third-order valence-corrected chi connectivity index (χ3v) is 4.93. The number of sulfonamides is 1. The Labute approximate surface area is 126 Å². The smallest absolute Gasteiger partial charge is 0.256 e. The first kappa shape index (κ1) is 15.5. The summed E-state index contributed by atoms with van der Waals surface area (Å²) in [7, 11) is -3.78. The summed E-state index contributed by atoms with van der Waals surface area (Å²) in [4.78, 5) is 12.0. The summed E-state index contributed by atoms with van der Waals surface area (Å²) in [5, 5.41) is 9.12. The molecule has 0 aliphatic rings. The number of hydrogen-bond donors (Lipinski definition) is 2. The summed E-state index contributed by atoms with van der Waals surface area (Å²) in [5.74, 6) is 0.313. The fourth-order valence-corrected chi connectivity index (χ4v) is 3.17. The number of rotatable bonds is 5. The van der Waals surface area contributed by atoms with Gasteiger partial charge < -0.3 is 10.1 Å². The van der Waals surface area contributed by atoms with Crippen molar-refractivity contribution in [2.24, 2.45) is 5.14 Å². The fourth-order valence-electron chi connectivity index (χ4n) is 1.59. The molecule has 1 aromatic carbocycles. The minimum atomic E-state index is -3.78. The Bertz CT molecular complexity index is 736. The van der Waals surface area contributed by atoms with Crippen LogP contribution in [-0.4, -0.2) is 20.9 Å². The van der Waals surface area contributed by atoms with Gasteiger partial charge in [-0.1, -0.05) is 0 Å². The standard InChI is InChI=1S/C13H14N2O4S2/c1-2-19-11-5-3-10(4-6-11)15-13(16)9-7-12(20-8-9)21(14,17)18/h3-8H,2H2,1H3,(H,15,16)(H2,14,17,18). The van der Waals surface area contributed by atoms with E-state index in [1.54, 1.807) is 24.3 Å². The molecular weight excluding hydrogens is 312 g/mol. The molecule has 1 amide bonds. The molecule has 2 rings (SSSR count). The molecule has 112 valence electrons. The van der Waals surface area contributed by atoms with Gasteiger partial charge in [-0.2, -0.15) is 0 Å². The molecule has 0 bridgehead atoms. The van der Waals surface area contributed by atoms with Crippen LogP contribution in [0.5, 0.6) is 5.75 Å². The highest BCUT2D eigenvalue weighted by molar-refractivity contribution is 7.91. The number of primary sulfonamides is 1. The van der Waals surface area contributed by atoms with Gasteiger partial charge in [-0.15, -0.1) is 11.3 Å². The second kappa shape index (κ2) is 6.25. The second-order valence-corrected chi connectivity index (χ2v) is 6.81. The van der Waals surface area contributed by atoms with Gasteiger partial charge in [0.25, 0.3) is 5.91 Å². The van der Waals surface area contributed by atoms with Crippen molar-refractivity contribution in [3.8, 4) is 5.75 Å². The largest absolute Gasteiger partial charge is 0.494 e. The van der Waals surface area contributed by atoms with Crippen LogP contribution in [0, 0.1) is 0 Å². The van der Waals surface area contributed by atoms with E-state index in [2.05, 4.69) is 5.32 Å². The number of carbonyl (C=O) groups is 1. The van der Waals surface area contributed by atoms with Crippen LogP contribution in [0.3, 0.4) is 0 Å². The summed E-state index contributed by atoms with van der Waals surface area (Å²) < 4.78 is 27.6. The molecule has 2 aromatic rings. The zero-order valence-corrected chi connectivity index (χ0v) is 12.8. The summed E-state index contributed by atoms with van der Waals surface area (Å²) >= 11 is 0.911. The minimum Gasteiger partial charge on any atom is -0.494 e. The van der Waals surface area contributed by atoms with E-state index >= 15 is 0 Å². The van der Waals surface area contributed by atoms with Crippen molar-refractivity contribution in [1.82, 2.24) is 0 Å². The molecule has 0 atom stereocenters. The molecule has 0 spiro atoms. The summed E-state index contributed by atoms with van der Waals surface area (Å²) in [6.45, 7) is 2.45.